The van der Waals surface area contributed by atoms with Gasteiger partial charge in [0.05, 0.1) is 7.11 Å². The Morgan fingerprint density at radius 2 is 1.97 bits per heavy atom. The number of nitrogens with one attached hydrogen (secondary N) is 1. The Bertz CT molecular complexity index is 1240. The first-order chi connectivity index (χ1) is 17.5. The van der Waals surface area contributed by atoms with E-state index in [4.69, 9.17) is 22.1 Å². The van der Waals surface area contributed by atoms with Crippen LogP contribution in [0.4, 0.5) is 17.2 Å². The topological polar surface area (TPSA) is 96.6 Å². The smallest absolute Gasteiger partial charge is 0.277 e. The van der Waals surface area contributed by atoms with E-state index in [-0.39, 0.29) is 5.91 Å². The van der Waals surface area contributed by atoms with Crippen LogP contribution in [0.1, 0.15) is 34.5 Å². The van der Waals surface area contributed by atoms with Gasteiger partial charge in [-0.3, -0.25) is 4.79 Å². The molecule has 0 saturated carbocycles. The molecule has 0 unspecified atom stereocenters. The summed E-state index contributed by atoms with van der Waals surface area (Å²) >= 11 is 6.11. The SMILES string of the molecule is COc1ccc(N)c(CCNC2CCN(c3cc(C(=O)N4CCc5cc(Cl)ccc54)ncn3)CC2)c1. The number of aromatic nitrogens is 2. The maximum Gasteiger partial charge on any atom is 0.277 e. The first-order valence-corrected chi connectivity index (χ1v) is 12.7. The van der Waals surface area contributed by atoms with E-state index in [1.165, 1.54) is 6.33 Å². The van der Waals surface area contributed by atoms with E-state index in [2.05, 4.69) is 20.2 Å². The molecule has 1 fully saturated rings. The number of carbonyl (C=O) groups excluding carboxylic acids is 1. The van der Waals surface area contributed by atoms with Crippen molar-refractivity contribution in [2.24, 2.45) is 0 Å². The highest BCUT2D eigenvalue weighted by Gasteiger charge is 2.28. The number of nitrogens with zero attached hydrogens (tertiary/aromatic N) is 4. The molecular formula is C27H31ClN6O2. The van der Waals surface area contributed by atoms with Gasteiger partial charge in [0.2, 0.25) is 0 Å². The fraction of sp³-hybridized carbons (Fsp3) is 0.370. The number of halogens is 1. The van der Waals surface area contributed by atoms with Gasteiger partial charge in [0.25, 0.3) is 5.91 Å². The van der Waals surface area contributed by atoms with Crippen molar-refractivity contribution in [3.8, 4) is 5.75 Å². The van der Waals surface area contributed by atoms with E-state index in [0.29, 0.717) is 23.3 Å². The van der Waals surface area contributed by atoms with E-state index < -0.39 is 0 Å². The van der Waals surface area contributed by atoms with Crippen LogP contribution in [0.5, 0.6) is 5.75 Å². The number of methoxy groups -OCH3 is 1. The van der Waals surface area contributed by atoms with Gasteiger partial charge in [-0.15, -0.1) is 0 Å². The lowest BCUT2D eigenvalue weighted by Crippen LogP contribution is -2.43. The summed E-state index contributed by atoms with van der Waals surface area (Å²) in [5, 5.41) is 4.35. The Kier molecular flexibility index (Phi) is 7.25. The zero-order chi connectivity index (χ0) is 25.1. The third kappa shape index (κ3) is 5.24. The van der Waals surface area contributed by atoms with Crippen LogP contribution < -0.4 is 25.6 Å². The summed E-state index contributed by atoms with van der Waals surface area (Å²) in [6.45, 7) is 3.23. The van der Waals surface area contributed by atoms with Crippen molar-refractivity contribution in [1.82, 2.24) is 15.3 Å². The Morgan fingerprint density at radius 1 is 1.14 bits per heavy atom. The quantitative estimate of drug-likeness (QED) is 0.471. The van der Waals surface area contributed by atoms with Gasteiger partial charge >= 0.3 is 0 Å². The number of hydrogen-bond donors (Lipinski definition) is 2. The molecule has 1 saturated heterocycles. The van der Waals surface area contributed by atoms with Crippen molar-refractivity contribution in [2.45, 2.75) is 31.7 Å². The summed E-state index contributed by atoms with van der Waals surface area (Å²) in [6.07, 6.45) is 5.14. The fourth-order valence-electron chi connectivity index (χ4n) is 5.01. The second kappa shape index (κ2) is 10.7. The molecule has 1 amide bonds. The van der Waals surface area contributed by atoms with E-state index in [0.717, 1.165) is 79.4 Å². The lowest BCUT2D eigenvalue weighted by molar-refractivity contribution is 0.0984. The molecule has 2 aliphatic rings. The van der Waals surface area contributed by atoms with Crippen LogP contribution in [0.3, 0.4) is 0 Å². The minimum Gasteiger partial charge on any atom is -0.497 e. The normalized spacial score (nSPS) is 15.7. The molecule has 3 heterocycles. The number of fused-ring (bicyclic) bond motifs is 1. The monoisotopic (exact) mass is 506 g/mol. The standard InChI is InChI=1S/C27H31ClN6O2/c1-36-22-3-4-23(29)18(15-22)6-10-30-21-8-11-33(12-9-21)26-16-24(31-17-32-26)27(35)34-13-7-19-14-20(28)2-5-25(19)34/h2-5,14-17,21,30H,6-13,29H2,1H3. The Morgan fingerprint density at radius 3 is 2.78 bits per heavy atom. The van der Waals surface area contributed by atoms with Gasteiger partial charge in [-0.2, -0.15) is 0 Å². The molecule has 2 aromatic carbocycles. The number of amides is 1. The largest absolute Gasteiger partial charge is 0.497 e. The average molecular weight is 507 g/mol. The van der Waals surface area contributed by atoms with E-state index in [1.807, 2.05) is 42.5 Å². The van der Waals surface area contributed by atoms with Crippen LogP contribution in [-0.4, -0.2) is 55.2 Å². The molecule has 2 aliphatic heterocycles. The molecule has 3 N–H and O–H groups in total. The molecule has 0 aliphatic carbocycles. The third-order valence-corrected chi connectivity index (χ3v) is 7.29. The van der Waals surface area contributed by atoms with Crippen molar-refractivity contribution >= 4 is 34.7 Å². The van der Waals surface area contributed by atoms with E-state index >= 15 is 0 Å². The van der Waals surface area contributed by atoms with Crippen molar-refractivity contribution in [1.29, 1.82) is 0 Å². The maximum absolute atomic E-state index is 13.2. The zero-order valence-corrected chi connectivity index (χ0v) is 21.2. The summed E-state index contributed by atoms with van der Waals surface area (Å²) < 4.78 is 5.31. The second-order valence-corrected chi connectivity index (χ2v) is 9.71. The fourth-order valence-corrected chi connectivity index (χ4v) is 5.20. The summed E-state index contributed by atoms with van der Waals surface area (Å²) in [4.78, 5) is 26.0. The predicted molar refractivity (Wildman–Crippen MR) is 143 cm³/mol. The van der Waals surface area contributed by atoms with Gasteiger partial charge in [-0.1, -0.05) is 11.6 Å². The first-order valence-electron chi connectivity index (χ1n) is 12.3. The summed E-state index contributed by atoms with van der Waals surface area (Å²) in [7, 11) is 1.67. The maximum atomic E-state index is 13.2. The lowest BCUT2D eigenvalue weighted by Gasteiger charge is -2.33. The molecule has 0 bridgehead atoms. The highest BCUT2D eigenvalue weighted by molar-refractivity contribution is 6.30. The highest BCUT2D eigenvalue weighted by atomic mass is 35.5. The number of benzene rings is 2. The van der Waals surface area contributed by atoms with Crippen molar-refractivity contribution in [3.05, 3.63) is 70.6 Å². The van der Waals surface area contributed by atoms with Crippen LogP contribution in [0.2, 0.25) is 5.02 Å². The number of anilines is 3. The molecule has 0 spiro atoms. The van der Waals surface area contributed by atoms with E-state index in [1.54, 1.807) is 12.0 Å². The molecular weight excluding hydrogens is 476 g/mol. The first kappa shape index (κ1) is 24.3. The Balaban J connectivity index is 1.15. The second-order valence-electron chi connectivity index (χ2n) is 9.27. The molecule has 8 nitrogen and oxygen atoms in total. The van der Waals surface area contributed by atoms with Gasteiger partial charge in [0.15, 0.2) is 0 Å². The van der Waals surface area contributed by atoms with Crippen LogP contribution in [0, 0.1) is 0 Å². The van der Waals surface area contributed by atoms with Gasteiger partial charge in [-0.25, -0.2) is 9.97 Å². The van der Waals surface area contributed by atoms with Crippen LogP contribution in [0.15, 0.2) is 48.8 Å². The molecule has 3 aromatic rings. The minimum absolute atomic E-state index is 0.104. The molecule has 5 rings (SSSR count). The number of nitrogens with two attached hydrogens (primary N) is 1. The number of carbonyl (C=O) groups is 1. The van der Waals surface area contributed by atoms with E-state index in [9.17, 15) is 4.79 Å². The number of rotatable bonds is 7. The average Bonchev–Trinajstić information content (AvgIpc) is 3.33. The van der Waals surface area contributed by atoms with Crippen molar-refractivity contribution in [3.63, 3.8) is 0 Å². The summed E-state index contributed by atoms with van der Waals surface area (Å²) in [6, 6.07) is 13.7. The van der Waals surface area contributed by atoms with Gasteiger partial charge in [0.1, 0.15) is 23.6 Å². The van der Waals surface area contributed by atoms with Crippen molar-refractivity contribution < 1.29 is 9.53 Å². The van der Waals surface area contributed by atoms with Crippen molar-refractivity contribution in [2.75, 3.05) is 48.8 Å². The molecule has 9 heteroatoms. The van der Waals surface area contributed by atoms with Gasteiger partial charge in [-0.05, 0) is 79.8 Å². The predicted octanol–water partition coefficient (Wildman–Crippen LogP) is 3.72. The number of hydrogen-bond acceptors (Lipinski definition) is 7. The number of piperidine rings is 1. The highest BCUT2D eigenvalue weighted by Crippen LogP contribution is 2.31. The Hall–Kier alpha value is -3.36. The molecule has 188 valence electrons. The van der Waals surface area contributed by atoms with Crippen LogP contribution >= 0.6 is 11.6 Å². The summed E-state index contributed by atoms with van der Waals surface area (Å²) in [5.41, 5.74) is 10.4. The molecule has 36 heavy (non-hydrogen) atoms. The third-order valence-electron chi connectivity index (χ3n) is 7.05. The van der Waals surface area contributed by atoms with Gasteiger partial charge in [0, 0.05) is 48.1 Å². The Labute approximate surface area is 216 Å². The number of nitrogen functional groups attached to an aromatic ring is 1. The number of ether oxygens (including phenoxy) is 1. The molecule has 0 radical (unpaired) electrons. The summed E-state index contributed by atoms with van der Waals surface area (Å²) in [5.74, 6) is 1.52. The zero-order valence-electron chi connectivity index (χ0n) is 20.4. The lowest BCUT2D eigenvalue weighted by atomic mass is 10.0. The molecule has 0 atom stereocenters. The molecule has 1 aromatic heterocycles. The van der Waals surface area contributed by atoms with Crippen LogP contribution in [-0.2, 0) is 12.8 Å². The van der Waals surface area contributed by atoms with Crippen LogP contribution in [0.25, 0.3) is 0 Å². The van der Waals surface area contributed by atoms with Gasteiger partial charge < -0.3 is 25.6 Å². The minimum atomic E-state index is -0.104.